The number of fused-ring (bicyclic) bond motifs is 1. The summed E-state index contributed by atoms with van der Waals surface area (Å²) in [6.07, 6.45) is 2.22. The number of carbonyl (C=O) groups excluding carboxylic acids is 1. The zero-order chi connectivity index (χ0) is 17.3. The first-order chi connectivity index (χ1) is 11.4. The molecular weight excluding hydrogens is 328 g/mol. The van der Waals surface area contributed by atoms with Gasteiger partial charge in [-0.05, 0) is 31.0 Å². The lowest BCUT2D eigenvalue weighted by atomic mass is 10.2. The first-order valence-corrected chi connectivity index (χ1v) is 9.23. The van der Waals surface area contributed by atoms with E-state index in [1.807, 2.05) is 19.1 Å². The molecule has 0 spiro atoms. The maximum atomic E-state index is 13.1. The lowest BCUT2D eigenvalue weighted by Gasteiger charge is -2.21. The highest BCUT2D eigenvalue weighted by Gasteiger charge is 2.29. The minimum Gasteiger partial charge on any atom is -0.351 e. The minimum atomic E-state index is -3.68. The van der Waals surface area contributed by atoms with Crippen molar-refractivity contribution in [1.82, 2.24) is 14.2 Å². The molecule has 0 bridgehead atoms. The summed E-state index contributed by atoms with van der Waals surface area (Å²) in [6, 6.07) is 6.56. The molecule has 128 valence electrons. The number of hydrogen-bond acceptors (Lipinski definition) is 4. The standard InChI is InChI=1S/C16H20N4O3S/c1-12-10-13-4-2-5-14(15(13)18-11-12)24(22,23)20-7-3-6-19(8-9-20)16(17)21/h2,4-5,10-11H,3,6-9H2,1H3,(H2,17,21). The lowest BCUT2D eigenvalue weighted by Crippen LogP contribution is -2.39. The molecule has 24 heavy (non-hydrogen) atoms. The molecule has 2 amide bonds. The van der Waals surface area contributed by atoms with E-state index in [1.165, 1.54) is 9.21 Å². The number of hydrogen-bond donors (Lipinski definition) is 1. The highest BCUT2D eigenvalue weighted by Crippen LogP contribution is 2.25. The normalized spacial score (nSPS) is 17.0. The number of carbonyl (C=O) groups is 1. The van der Waals surface area contributed by atoms with Crippen LogP contribution in [0, 0.1) is 6.92 Å². The first kappa shape index (κ1) is 16.7. The van der Waals surface area contributed by atoms with Gasteiger partial charge in [0.2, 0.25) is 10.0 Å². The van der Waals surface area contributed by atoms with Crippen LogP contribution in [0.15, 0.2) is 35.4 Å². The molecule has 0 atom stereocenters. The molecule has 0 saturated carbocycles. The summed E-state index contributed by atoms with van der Waals surface area (Å²) in [5.74, 6) is 0. The van der Waals surface area contributed by atoms with Crippen molar-refractivity contribution < 1.29 is 13.2 Å². The molecule has 3 rings (SSSR count). The van der Waals surface area contributed by atoms with E-state index in [-0.39, 0.29) is 11.4 Å². The second kappa shape index (κ2) is 6.37. The lowest BCUT2D eigenvalue weighted by molar-refractivity contribution is 0.210. The fourth-order valence-electron chi connectivity index (χ4n) is 2.94. The second-order valence-corrected chi connectivity index (χ2v) is 7.83. The molecule has 1 aromatic heterocycles. The van der Waals surface area contributed by atoms with E-state index < -0.39 is 16.1 Å². The number of sulfonamides is 1. The third kappa shape index (κ3) is 3.07. The predicted molar refractivity (Wildman–Crippen MR) is 91.0 cm³/mol. The molecule has 1 fully saturated rings. The van der Waals surface area contributed by atoms with Gasteiger partial charge in [0.05, 0.1) is 5.52 Å². The van der Waals surface area contributed by atoms with Crippen LogP contribution in [-0.2, 0) is 10.0 Å². The molecule has 2 heterocycles. The average molecular weight is 348 g/mol. The van der Waals surface area contributed by atoms with Gasteiger partial charge in [0.25, 0.3) is 0 Å². The Morgan fingerprint density at radius 2 is 2.00 bits per heavy atom. The van der Waals surface area contributed by atoms with Crippen molar-refractivity contribution in [3.8, 4) is 0 Å². The molecule has 1 aliphatic rings. The van der Waals surface area contributed by atoms with E-state index >= 15 is 0 Å². The van der Waals surface area contributed by atoms with Crippen molar-refractivity contribution in [3.63, 3.8) is 0 Å². The zero-order valence-electron chi connectivity index (χ0n) is 13.5. The monoisotopic (exact) mass is 348 g/mol. The molecule has 2 aromatic rings. The number of para-hydroxylation sites is 1. The summed E-state index contributed by atoms with van der Waals surface area (Å²) in [7, 11) is -3.68. The maximum Gasteiger partial charge on any atom is 0.314 e. The largest absolute Gasteiger partial charge is 0.351 e. The molecule has 1 saturated heterocycles. The van der Waals surface area contributed by atoms with Crippen LogP contribution >= 0.6 is 0 Å². The number of benzene rings is 1. The number of urea groups is 1. The fourth-order valence-corrected chi connectivity index (χ4v) is 4.58. The molecule has 7 nitrogen and oxygen atoms in total. The van der Waals surface area contributed by atoms with Crippen LogP contribution in [0.5, 0.6) is 0 Å². The van der Waals surface area contributed by atoms with E-state index in [9.17, 15) is 13.2 Å². The van der Waals surface area contributed by atoms with Crippen molar-refractivity contribution in [2.24, 2.45) is 5.73 Å². The average Bonchev–Trinajstić information content (AvgIpc) is 2.80. The SMILES string of the molecule is Cc1cnc2c(S(=O)(=O)N3CCCN(C(N)=O)CC3)cccc2c1. The van der Waals surface area contributed by atoms with Gasteiger partial charge >= 0.3 is 6.03 Å². The Hall–Kier alpha value is -2.19. The second-order valence-electron chi connectivity index (χ2n) is 5.92. The minimum absolute atomic E-state index is 0.201. The topological polar surface area (TPSA) is 96.6 Å². The van der Waals surface area contributed by atoms with Gasteiger partial charge in [0.15, 0.2) is 0 Å². The summed E-state index contributed by atoms with van der Waals surface area (Å²) in [6.45, 7) is 3.27. The van der Waals surface area contributed by atoms with Crippen molar-refractivity contribution >= 4 is 27.0 Å². The fraction of sp³-hybridized carbons (Fsp3) is 0.375. The third-order valence-electron chi connectivity index (χ3n) is 4.20. The number of rotatable bonds is 2. The van der Waals surface area contributed by atoms with Gasteiger partial charge in [-0.15, -0.1) is 0 Å². The van der Waals surface area contributed by atoms with Crippen molar-refractivity contribution in [2.75, 3.05) is 26.2 Å². The van der Waals surface area contributed by atoms with E-state index in [1.54, 1.807) is 18.3 Å². The molecule has 8 heteroatoms. The summed E-state index contributed by atoms with van der Waals surface area (Å²) in [5, 5.41) is 0.796. The highest BCUT2D eigenvalue weighted by molar-refractivity contribution is 7.89. The van der Waals surface area contributed by atoms with Gasteiger partial charge in [-0.3, -0.25) is 4.98 Å². The van der Waals surface area contributed by atoms with E-state index in [0.717, 1.165) is 10.9 Å². The Labute approximate surface area is 141 Å². The van der Waals surface area contributed by atoms with Crippen molar-refractivity contribution in [2.45, 2.75) is 18.2 Å². The van der Waals surface area contributed by atoms with Crippen molar-refractivity contribution in [3.05, 3.63) is 36.0 Å². The highest BCUT2D eigenvalue weighted by atomic mass is 32.2. The van der Waals surface area contributed by atoms with Crippen molar-refractivity contribution in [1.29, 1.82) is 0 Å². The summed E-state index contributed by atoms with van der Waals surface area (Å²) < 4.78 is 27.5. The smallest absolute Gasteiger partial charge is 0.314 e. The molecule has 0 unspecified atom stereocenters. The summed E-state index contributed by atoms with van der Waals surface area (Å²) in [4.78, 5) is 17.3. The van der Waals surface area contributed by atoms with Crippen LogP contribution in [-0.4, -0.2) is 54.8 Å². The Morgan fingerprint density at radius 1 is 1.21 bits per heavy atom. The number of nitrogens with zero attached hydrogens (tertiary/aromatic N) is 3. The number of aromatic nitrogens is 1. The van der Waals surface area contributed by atoms with E-state index in [4.69, 9.17) is 5.73 Å². The number of primary amides is 1. The van der Waals surface area contributed by atoms with Gasteiger partial charge < -0.3 is 10.6 Å². The number of amides is 2. The molecule has 0 aliphatic carbocycles. The van der Waals surface area contributed by atoms with Gasteiger partial charge in [-0.2, -0.15) is 4.31 Å². The van der Waals surface area contributed by atoms with Crippen LogP contribution in [0.25, 0.3) is 10.9 Å². The molecule has 0 radical (unpaired) electrons. The van der Waals surface area contributed by atoms with E-state index in [2.05, 4.69) is 4.98 Å². The first-order valence-electron chi connectivity index (χ1n) is 7.79. The molecule has 1 aliphatic heterocycles. The van der Waals surface area contributed by atoms with E-state index in [0.29, 0.717) is 31.6 Å². The number of aryl methyl sites for hydroxylation is 1. The Kier molecular flexibility index (Phi) is 4.42. The van der Waals surface area contributed by atoms with Crippen LogP contribution in [0.1, 0.15) is 12.0 Å². The number of pyridine rings is 1. The molecular formula is C16H20N4O3S. The number of nitrogens with two attached hydrogens (primary N) is 1. The zero-order valence-corrected chi connectivity index (χ0v) is 14.3. The predicted octanol–water partition coefficient (Wildman–Crippen LogP) is 1.32. The Morgan fingerprint density at radius 3 is 2.75 bits per heavy atom. The third-order valence-corrected chi connectivity index (χ3v) is 6.13. The molecule has 2 N–H and O–H groups in total. The van der Waals surface area contributed by atoms with Gasteiger partial charge in [0, 0.05) is 37.8 Å². The van der Waals surface area contributed by atoms with Crippen LogP contribution in [0.3, 0.4) is 0 Å². The quantitative estimate of drug-likeness (QED) is 0.885. The van der Waals surface area contributed by atoms with Gasteiger partial charge in [-0.1, -0.05) is 12.1 Å². The molecule has 1 aromatic carbocycles. The van der Waals surface area contributed by atoms with Gasteiger partial charge in [0.1, 0.15) is 4.90 Å². The Bertz CT molecular complexity index is 882. The summed E-state index contributed by atoms with van der Waals surface area (Å²) in [5.41, 5.74) is 6.75. The van der Waals surface area contributed by atoms with Gasteiger partial charge in [-0.25, -0.2) is 13.2 Å². The maximum absolute atomic E-state index is 13.1. The Balaban J connectivity index is 1.98. The van der Waals surface area contributed by atoms with Crippen LogP contribution < -0.4 is 5.73 Å². The van der Waals surface area contributed by atoms with Crippen LogP contribution in [0.4, 0.5) is 4.79 Å². The summed E-state index contributed by atoms with van der Waals surface area (Å²) >= 11 is 0. The van der Waals surface area contributed by atoms with Crippen LogP contribution in [0.2, 0.25) is 0 Å².